The molecule has 1 aromatic carbocycles. The number of urea groups is 1. The predicted molar refractivity (Wildman–Crippen MR) is 124 cm³/mol. The summed E-state index contributed by atoms with van der Waals surface area (Å²) in [5.41, 5.74) is 2.52. The monoisotopic (exact) mass is 486 g/mol. The fraction of sp³-hybridized carbons (Fsp3) is 0.286. The molecule has 4 rings (SSSR count). The van der Waals surface area contributed by atoms with E-state index in [-0.39, 0.29) is 12.4 Å². The van der Waals surface area contributed by atoms with Crippen molar-refractivity contribution in [2.45, 2.75) is 25.0 Å². The Balaban J connectivity index is 1.67. The molecule has 3 heterocycles. The Morgan fingerprint density at radius 3 is 2.91 bits per heavy atom. The number of benzene rings is 1. The zero-order valence-electron chi connectivity index (χ0n) is 18.2. The van der Waals surface area contributed by atoms with Crippen molar-refractivity contribution in [2.24, 2.45) is 0 Å². The number of aryl methyl sites for hydroxylation is 1. The molecule has 0 unspecified atom stereocenters. The first-order valence-electron chi connectivity index (χ1n) is 10.1. The minimum atomic E-state index is -0.596. The molecule has 0 saturated carbocycles. The summed E-state index contributed by atoms with van der Waals surface area (Å²) >= 11 is 2.74. The lowest BCUT2D eigenvalue weighted by atomic mass is 10.0. The van der Waals surface area contributed by atoms with Crippen LogP contribution in [-0.4, -0.2) is 51.7 Å². The number of carbonyl (C=O) groups excluding carboxylic acids is 2. The highest BCUT2D eigenvalue weighted by Gasteiger charge is 2.34. The van der Waals surface area contributed by atoms with Crippen molar-refractivity contribution in [1.82, 2.24) is 30.8 Å². The van der Waals surface area contributed by atoms with Crippen LogP contribution in [0.1, 0.15) is 23.4 Å². The maximum atomic E-state index is 12.9. The lowest BCUT2D eigenvalue weighted by molar-refractivity contribution is -0.139. The number of nitrogens with zero attached hydrogens (tertiary/aromatic N) is 4. The van der Waals surface area contributed by atoms with Crippen molar-refractivity contribution in [3.05, 3.63) is 57.4 Å². The number of ether oxygens (including phenoxy) is 2. The van der Waals surface area contributed by atoms with E-state index >= 15 is 0 Å². The SMILES string of the molecule is CCOC(=O)C1=C(CSc2nnnn2-c2cc(C)ccc2OC)NC(=O)N[C@@H]1c1cccs1. The predicted octanol–water partition coefficient (Wildman–Crippen LogP) is 3.00. The van der Waals surface area contributed by atoms with E-state index in [1.54, 1.807) is 18.7 Å². The van der Waals surface area contributed by atoms with Crippen LogP contribution >= 0.6 is 23.1 Å². The van der Waals surface area contributed by atoms with Gasteiger partial charge in [0.05, 0.1) is 25.3 Å². The highest BCUT2D eigenvalue weighted by molar-refractivity contribution is 7.99. The van der Waals surface area contributed by atoms with Crippen molar-refractivity contribution >= 4 is 35.1 Å². The minimum absolute atomic E-state index is 0.221. The van der Waals surface area contributed by atoms with Crippen molar-refractivity contribution in [3.8, 4) is 11.4 Å². The van der Waals surface area contributed by atoms with E-state index in [2.05, 4.69) is 26.2 Å². The number of esters is 1. The van der Waals surface area contributed by atoms with Crippen LogP contribution in [0.3, 0.4) is 0 Å². The zero-order chi connectivity index (χ0) is 23.4. The smallest absolute Gasteiger partial charge is 0.338 e. The molecule has 0 bridgehead atoms. The number of thiophene rings is 1. The maximum Gasteiger partial charge on any atom is 0.338 e. The van der Waals surface area contributed by atoms with Crippen LogP contribution in [0.15, 0.2) is 52.1 Å². The first kappa shape index (κ1) is 22.8. The molecular formula is C21H22N6O4S2. The summed E-state index contributed by atoms with van der Waals surface area (Å²) in [5, 5.41) is 20.0. The fourth-order valence-corrected chi connectivity index (χ4v) is 5.01. The van der Waals surface area contributed by atoms with Gasteiger partial charge >= 0.3 is 12.0 Å². The topological polar surface area (TPSA) is 120 Å². The number of tetrazole rings is 1. The average molecular weight is 487 g/mol. The quantitative estimate of drug-likeness (QED) is 0.368. The van der Waals surface area contributed by atoms with Crippen LogP contribution < -0.4 is 15.4 Å². The third kappa shape index (κ3) is 4.86. The van der Waals surface area contributed by atoms with Crippen molar-refractivity contribution < 1.29 is 19.1 Å². The van der Waals surface area contributed by atoms with Crippen LogP contribution in [0, 0.1) is 6.92 Å². The summed E-state index contributed by atoms with van der Waals surface area (Å²) in [6, 6.07) is 8.45. The van der Waals surface area contributed by atoms with Crippen LogP contribution in [0.5, 0.6) is 5.75 Å². The van der Waals surface area contributed by atoms with Crippen molar-refractivity contribution in [2.75, 3.05) is 19.5 Å². The first-order valence-corrected chi connectivity index (χ1v) is 12.0. The summed E-state index contributed by atoms with van der Waals surface area (Å²) in [6.45, 7) is 3.93. The molecule has 0 radical (unpaired) electrons. The average Bonchev–Trinajstić information content (AvgIpc) is 3.49. The van der Waals surface area contributed by atoms with Crippen molar-refractivity contribution in [1.29, 1.82) is 0 Å². The summed E-state index contributed by atoms with van der Waals surface area (Å²) in [6.07, 6.45) is 0. The van der Waals surface area contributed by atoms with E-state index in [1.165, 1.54) is 23.1 Å². The van der Waals surface area contributed by atoms with Crippen molar-refractivity contribution in [3.63, 3.8) is 0 Å². The molecule has 12 heteroatoms. The normalized spacial score (nSPS) is 15.7. The third-order valence-electron chi connectivity index (χ3n) is 4.83. The molecule has 0 spiro atoms. The molecule has 172 valence electrons. The number of thioether (sulfide) groups is 1. The molecule has 0 fully saturated rings. The number of aromatic nitrogens is 4. The Bertz CT molecular complexity index is 1190. The number of rotatable bonds is 8. The van der Waals surface area contributed by atoms with E-state index in [0.29, 0.717) is 27.9 Å². The lowest BCUT2D eigenvalue weighted by Crippen LogP contribution is -2.46. The van der Waals surface area contributed by atoms with Gasteiger partial charge in [-0.3, -0.25) is 0 Å². The largest absolute Gasteiger partial charge is 0.494 e. The number of hydrogen-bond donors (Lipinski definition) is 2. The van der Waals surface area contributed by atoms with E-state index < -0.39 is 18.0 Å². The third-order valence-corrected chi connectivity index (χ3v) is 6.71. The Labute approximate surface area is 198 Å². The van der Waals surface area contributed by atoms with Gasteiger partial charge < -0.3 is 20.1 Å². The van der Waals surface area contributed by atoms with Crippen LogP contribution in [0.2, 0.25) is 0 Å². The number of methoxy groups -OCH3 is 1. The second-order valence-corrected chi connectivity index (χ2v) is 8.92. The number of hydrogen-bond acceptors (Lipinski definition) is 9. The Morgan fingerprint density at radius 1 is 1.33 bits per heavy atom. The Hall–Kier alpha value is -3.38. The van der Waals surface area contributed by atoms with E-state index in [9.17, 15) is 9.59 Å². The van der Waals surface area contributed by atoms with Gasteiger partial charge in [0.25, 0.3) is 0 Å². The van der Waals surface area contributed by atoms with Gasteiger partial charge in [0.15, 0.2) is 0 Å². The van der Waals surface area contributed by atoms with Gasteiger partial charge in [-0.15, -0.1) is 16.4 Å². The molecule has 2 N–H and O–H groups in total. The molecule has 0 saturated heterocycles. The fourth-order valence-electron chi connectivity index (χ4n) is 3.37. The highest BCUT2D eigenvalue weighted by Crippen LogP contribution is 2.33. The number of amides is 2. The second kappa shape index (κ2) is 10.0. The molecule has 2 aromatic heterocycles. The molecule has 1 atom stereocenters. The maximum absolute atomic E-state index is 12.9. The van der Waals surface area contributed by atoms with Gasteiger partial charge in [-0.2, -0.15) is 4.68 Å². The second-order valence-electron chi connectivity index (χ2n) is 7.00. The van der Waals surface area contributed by atoms with Gasteiger partial charge in [0.1, 0.15) is 11.4 Å². The van der Waals surface area contributed by atoms with E-state index in [4.69, 9.17) is 9.47 Å². The molecule has 1 aliphatic heterocycles. The van der Waals surface area contributed by atoms with Gasteiger partial charge in [-0.05, 0) is 53.4 Å². The van der Waals surface area contributed by atoms with E-state index in [0.717, 1.165) is 10.4 Å². The Morgan fingerprint density at radius 2 is 2.18 bits per heavy atom. The molecule has 2 amide bonds. The molecule has 1 aliphatic rings. The van der Waals surface area contributed by atoms with Gasteiger partial charge in [0, 0.05) is 16.3 Å². The minimum Gasteiger partial charge on any atom is -0.494 e. The Kier molecular flexibility index (Phi) is 6.94. The number of nitrogens with one attached hydrogen (secondary N) is 2. The molecule has 10 nitrogen and oxygen atoms in total. The summed E-state index contributed by atoms with van der Waals surface area (Å²) in [7, 11) is 1.58. The van der Waals surface area contributed by atoms with Gasteiger partial charge in [0.2, 0.25) is 5.16 Å². The molecule has 0 aliphatic carbocycles. The highest BCUT2D eigenvalue weighted by atomic mass is 32.2. The lowest BCUT2D eigenvalue weighted by Gasteiger charge is -2.28. The molecular weight excluding hydrogens is 464 g/mol. The first-order chi connectivity index (χ1) is 16.0. The summed E-state index contributed by atoms with van der Waals surface area (Å²) in [4.78, 5) is 26.1. The standard InChI is InChI=1S/C21H22N6O4S2/c1-4-31-19(28)17-13(22-20(29)23-18(17)16-6-5-9-32-16)11-33-21-24-25-26-27(21)14-10-12(2)7-8-15(14)30-3/h5-10,18H,4,11H2,1-3H3,(H2,22,23,29)/t18-/m1/s1. The van der Waals surface area contributed by atoms with Crippen LogP contribution in [0.4, 0.5) is 4.79 Å². The zero-order valence-corrected chi connectivity index (χ0v) is 19.8. The van der Waals surface area contributed by atoms with Crippen LogP contribution in [-0.2, 0) is 9.53 Å². The summed E-state index contributed by atoms with van der Waals surface area (Å²) in [5.74, 6) is 0.380. The van der Waals surface area contributed by atoms with Gasteiger partial charge in [-0.1, -0.05) is 23.9 Å². The molecule has 3 aromatic rings. The summed E-state index contributed by atoms with van der Waals surface area (Å²) < 4.78 is 12.3. The van der Waals surface area contributed by atoms with Gasteiger partial charge in [-0.25, -0.2) is 9.59 Å². The van der Waals surface area contributed by atoms with Crippen LogP contribution in [0.25, 0.3) is 5.69 Å². The number of carbonyl (C=O) groups is 2. The van der Waals surface area contributed by atoms with E-state index in [1.807, 2.05) is 42.6 Å². The molecule has 33 heavy (non-hydrogen) atoms.